The first-order valence-electron chi connectivity index (χ1n) is 6.52. The van der Waals surface area contributed by atoms with Crippen LogP contribution in [0.1, 0.15) is 5.56 Å². The molecule has 0 aromatic heterocycles. The molecule has 0 aliphatic rings. The number of halogens is 2. The highest BCUT2D eigenvalue weighted by Crippen LogP contribution is 2.41. The van der Waals surface area contributed by atoms with Gasteiger partial charge < -0.3 is 19.3 Å². The maximum atomic E-state index is 9.93. The SMILES string of the molecule is COc1cc(N=Cc2cc(Cl)cc(Cl)c2O)cc(OC)c1OC. The Hall–Kier alpha value is -2.11. The first-order chi connectivity index (χ1) is 11.0. The molecule has 0 heterocycles. The fourth-order valence-corrected chi connectivity index (χ4v) is 2.48. The lowest BCUT2D eigenvalue weighted by molar-refractivity contribution is 0.324. The zero-order chi connectivity index (χ0) is 17.0. The number of nitrogens with zero attached hydrogens (tertiary/aromatic N) is 1. The normalized spacial score (nSPS) is 10.8. The van der Waals surface area contributed by atoms with Crippen LogP contribution in [0.25, 0.3) is 0 Å². The Labute approximate surface area is 144 Å². The van der Waals surface area contributed by atoms with E-state index in [4.69, 9.17) is 37.4 Å². The highest BCUT2D eigenvalue weighted by atomic mass is 35.5. The quantitative estimate of drug-likeness (QED) is 0.803. The maximum Gasteiger partial charge on any atom is 0.203 e. The lowest BCUT2D eigenvalue weighted by atomic mass is 10.2. The highest BCUT2D eigenvalue weighted by molar-refractivity contribution is 6.36. The van der Waals surface area contributed by atoms with E-state index in [-0.39, 0.29) is 10.8 Å². The standard InChI is InChI=1S/C16H15Cl2NO4/c1-21-13-6-11(7-14(22-2)16(13)23-3)19-8-9-4-10(17)5-12(18)15(9)20/h4-8,20H,1-3H3. The third-order valence-corrected chi connectivity index (χ3v) is 3.57. The van der Waals surface area contributed by atoms with Crippen molar-refractivity contribution in [3.63, 3.8) is 0 Å². The van der Waals surface area contributed by atoms with Gasteiger partial charge in [-0.2, -0.15) is 0 Å². The molecule has 0 aliphatic heterocycles. The van der Waals surface area contributed by atoms with Crippen LogP contribution in [0.2, 0.25) is 10.0 Å². The van der Waals surface area contributed by atoms with Crippen LogP contribution in [0, 0.1) is 0 Å². The summed E-state index contributed by atoms with van der Waals surface area (Å²) in [7, 11) is 4.57. The number of benzene rings is 2. The van der Waals surface area contributed by atoms with Crippen LogP contribution in [-0.4, -0.2) is 32.7 Å². The van der Waals surface area contributed by atoms with Crippen molar-refractivity contribution in [1.29, 1.82) is 0 Å². The highest BCUT2D eigenvalue weighted by Gasteiger charge is 2.13. The molecule has 0 bridgehead atoms. The predicted molar refractivity (Wildman–Crippen MR) is 91.5 cm³/mol. The number of aliphatic imine (C=N–C) groups is 1. The Balaban J connectivity index is 2.44. The van der Waals surface area contributed by atoms with E-state index >= 15 is 0 Å². The Morgan fingerprint density at radius 1 is 0.957 bits per heavy atom. The summed E-state index contributed by atoms with van der Waals surface area (Å²) in [4.78, 5) is 4.29. The molecular weight excluding hydrogens is 341 g/mol. The molecule has 5 nitrogen and oxygen atoms in total. The van der Waals surface area contributed by atoms with Gasteiger partial charge in [-0.15, -0.1) is 0 Å². The molecule has 0 saturated heterocycles. The molecule has 0 spiro atoms. The van der Waals surface area contributed by atoms with Gasteiger partial charge in [0.25, 0.3) is 0 Å². The minimum Gasteiger partial charge on any atom is -0.506 e. The summed E-state index contributed by atoms with van der Waals surface area (Å²) in [5.74, 6) is 1.34. The molecule has 2 aromatic rings. The van der Waals surface area contributed by atoms with E-state index in [2.05, 4.69) is 4.99 Å². The second-order valence-corrected chi connectivity index (χ2v) is 5.31. The first-order valence-corrected chi connectivity index (χ1v) is 7.27. The van der Waals surface area contributed by atoms with Gasteiger partial charge in [0, 0.05) is 28.9 Å². The Kier molecular flexibility index (Phi) is 5.58. The Bertz CT molecular complexity index is 722. The molecule has 0 radical (unpaired) electrons. The topological polar surface area (TPSA) is 60.3 Å². The molecule has 122 valence electrons. The number of phenolic OH excluding ortho intramolecular Hbond substituents is 1. The molecular formula is C16H15Cl2NO4. The third kappa shape index (κ3) is 3.81. The fourth-order valence-electron chi connectivity index (χ4n) is 1.97. The van der Waals surface area contributed by atoms with Gasteiger partial charge in [0.15, 0.2) is 11.5 Å². The van der Waals surface area contributed by atoms with Crippen molar-refractivity contribution < 1.29 is 19.3 Å². The average molecular weight is 356 g/mol. The number of rotatable bonds is 5. The van der Waals surface area contributed by atoms with Gasteiger partial charge in [-0.1, -0.05) is 23.2 Å². The largest absolute Gasteiger partial charge is 0.506 e. The Morgan fingerprint density at radius 2 is 1.57 bits per heavy atom. The minimum absolute atomic E-state index is 0.0905. The summed E-state index contributed by atoms with van der Waals surface area (Å²) in [6.45, 7) is 0. The lowest BCUT2D eigenvalue weighted by Gasteiger charge is -2.12. The monoisotopic (exact) mass is 355 g/mol. The van der Waals surface area contributed by atoms with Crippen molar-refractivity contribution in [2.45, 2.75) is 0 Å². The van der Waals surface area contributed by atoms with E-state index in [0.717, 1.165) is 0 Å². The van der Waals surface area contributed by atoms with Gasteiger partial charge in [0.2, 0.25) is 5.75 Å². The van der Waals surface area contributed by atoms with Crippen LogP contribution in [0.3, 0.4) is 0 Å². The van der Waals surface area contributed by atoms with Gasteiger partial charge in [0.1, 0.15) is 5.75 Å². The van der Waals surface area contributed by atoms with Crippen molar-refractivity contribution in [2.75, 3.05) is 21.3 Å². The maximum absolute atomic E-state index is 9.93. The summed E-state index contributed by atoms with van der Waals surface area (Å²) in [5, 5.41) is 10.5. The van der Waals surface area contributed by atoms with E-state index < -0.39 is 0 Å². The molecule has 0 atom stereocenters. The van der Waals surface area contributed by atoms with Crippen LogP contribution in [0.4, 0.5) is 5.69 Å². The van der Waals surface area contributed by atoms with E-state index in [1.807, 2.05) is 0 Å². The van der Waals surface area contributed by atoms with Crippen molar-refractivity contribution in [2.24, 2.45) is 4.99 Å². The number of methoxy groups -OCH3 is 3. The summed E-state index contributed by atoms with van der Waals surface area (Å²) < 4.78 is 15.8. The molecule has 1 N–H and O–H groups in total. The van der Waals surface area contributed by atoms with E-state index in [1.54, 1.807) is 18.2 Å². The molecule has 0 fully saturated rings. The van der Waals surface area contributed by atoms with Gasteiger partial charge in [-0.25, -0.2) is 0 Å². The van der Waals surface area contributed by atoms with Gasteiger partial charge in [-0.05, 0) is 12.1 Å². The van der Waals surface area contributed by atoms with Crippen LogP contribution in [0.15, 0.2) is 29.3 Å². The van der Waals surface area contributed by atoms with E-state index in [1.165, 1.54) is 33.6 Å². The van der Waals surface area contributed by atoms with E-state index in [0.29, 0.717) is 33.5 Å². The number of hydrogen-bond donors (Lipinski definition) is 1. The molecule has 23 heavy (non-hydrogen) atoms. The predicted octanol–water partition coefficient (Wildman–Crippen LogP) is 4.48. The molecule has 7 heteroatoms. The van der Waals surface area contributed by atoms with Crippen LogP contribution < -0.4 is 14.2 Å². The zero-order valence-electron chi connectivity index (χ0n) is 12.8. The second kappa shape index (κ2) is 7.44. The van der Waals surface area contributed by atoms with E-state index in [9.17, 15) is 5.11 Å². The van der Waals surface area contributed by atoms with Gasteiger partial charge in [0.05, 0.1) is 32.0 Å². The number of ether oxygens (including phenoxy) is 3. The molecule has 2 rings (SSSR count). The summed E-state index contributed by atoms with van der Waals surface area (Å²) in [6, 6.07) is 6.38. The molecule has 0 aliphatic carbocycles. The smallest absolute Gasteiger partial charge is 0.203 e. The number of phenols is 1. The van der Waals surface area contributed by atoms with Crippen LogP contribution >= 0.6 is 23.2 Å². The minimum atomic E-state index is -0.0905. The summed E-state index contributed by atoms with van der Waals surface area (Å²) in [5.41, 5.74) is 0.950. The molecule has 0 saturated carbocycles. The summed E-state index contributed by atoms with van der Waals surface area (Å²) in [6.07, 6.45) is 1.45. The average Bonchev–Trinajstić information content (AvgIpc) is 2.55. The summed E-state index contributed by atoms with van der Waals surface area (Å²) >= 11 is 11.8. The van der Waals surface area contributed by atoms with Crippen molar-refractivity contribution in [3.8, 4) is 23.0 Å². The fraction of sp³-hybridized carbons (Fsp3) is 0.188. The zero-order valence-corrected chi connectivity index (χ0v) is 14.3. The molecule has 2 aromatic carbocycles. The van der Waals surface area contributed by atoms with Crippen LogP contribution in [-0.2, 0) is 0 Å². The lowest BCUT2D eigenvalue weighted by Crippen LogP contribution is -1.94. The number of hydrogen-bond acceptors (Lipinski definition) is 5. The molecule has 0 amide bonds. The van der Waals surface area contributed by atoms with Crippen molar-refractivity contribution >= 4 is 35.1 Å². The Morgan fingerprint density at radius 3 is 2.09 bits per heavy atom. The first kappa shape index (κ1) is 17.2. The molecule has 0 unspecified atom stereocenters. The second-order valence-electron chi connectivity index (χ2n) is 4.47. The third-order valence-electron chi connectivity index (χ3n) is 3.06. The van der Waals surface area contributed by atoms with Crippen molar-refractivity contribution in [3.05, 3.63) is 39.9 Å². The van der Waals surface area contributed by atoms with Gasteiger partial charge in [-0.3, -0.25) is 4.99 Å². The van der Waals surface area contributed by atoms with Crippen molar-refractivity contribution in [1.82, 2.24) is 0 Å². The van der Waals surface area contributed by atoms with Gasteiger partial charge >= 0.3 is 0 Å². The number of aromatic hydroxyl groups is 1. The van der Waals surface area contributed by atoms with Crippen LogP contribution in [0.5, 0.6) is 23.0 Å².